The van der Waals surface area contributed by atoms with Crippen LogP contribution in [0.4, 0.5) is 0 Å². The number of amides is 1. The minimum atomic E-state index is -0.277. The van der Waals surface area contributed by atoms with Gasteiger partial charge in [0, 0.05) is 19.0 Å². The molecule has 3 nitrogen and oxygen atoms in total. The lowest BCUT2D eigenvalue weighted by molar-refractivity contribution is -0.121. The van der Waals surface area contributed by atoms with E-state index in [1.165, 1.54) is 0 Å². The molecule has 1 heterocycles. The summed E-state index contributed by atoms with van der Waals surface area (Å²) in [7, 11) is 0. The third-order valence-corrected chi connectivity index (χ3v) is 3.69. The van der Waals surface area contributed by atoms with E-state index in [4.69, 9.17) is 28.9 Å². The molecule has 2 rings (SSSR count). The quantitative estimate of drug-likeness (QED) is 0.850. The fourth-order valence-corrected chi connectivity index (χ4v) is 2.38. The second kappa shape index (κ2) is 4.62. The van der Waals surface area contributed by atoms with Gasteiger partial charge in [-0.05, 0) is 17.7 Å². The summed E-state index contributed by atoms with van der Waals surface area (Å²) in [4.78, 5) is 11.3. The molecule has 16 heavy (non-hydrogen) atoms. The van der Waals surface area contributed by atoms with Gasteiger partial charge in [-0.25, -0.2) is 0 Å². The van der Waals surface area contributed by atoms with E-state index in [9.17, 15) is 4.79 Å². The first kappa shape index (κ1) is 11.7. The van der Waals surface area contributed by atoms with E-state index in [1.54, 1.807) is 12.1 Å². The van der Waals surface area contributed by atoms with Crippen molar-refractivity contribution >= 4 is 29.1 Å². The number of nitrogens with two attached hydrogens (primary N) is 1. The summed E-state index contributed by atoms with van der Waals surface area (Å²) in [6.07, 6.45) is 0. The molecular formula is C11H12Cl2N2O. The first-order valence-electron chi connectivity index (χ1n) is 5.04. The maximum Gasteiger partial charge on any atom is 0.222 e. The van der Waals surface area contributed by atoms with Gasteiger partial charge in [0.2, 0.25) is 5.91 Å². The molecule has 2 unspecified atom stereocenters. The van der Waals surface area contributed by atoms with Crippen LogP contribution in [-0.4, -0.2) is 19.0 Å². The van der Waals surface area contributed by atoms with Crippen LogP contribution in [-0.2, 0) is 4.79 Å². The van der Waals surface area contributed by atoms with Crippen LogP contribution in [0.5, 0.6) is 0 Å². The molecular weight excluding hydrogens is 247 g/mol. The highest BCUT2D eigenvalue weighted by atomic mass is 35.5. The zero-order chi connectivity index (χ0) is 11.7. The van der Waals surface area contributed by atoms with E-state index in [1.807, 2.05) is 6.07 Å². The van der Waals surface area contributed by atoms with Gasteiger partial charge < -0.3 is 11.1 Å². The number of hydrogen-bond acceptors (Lipinski definition) is 2. The minimum Gasteiger partial charge on any atom is -0.369 e. The molecule has 86 valence electrons. The molecule has 1 aliphatic heterocycles. The normalized spacial score (nSPS) is 24.6. The standard InChI is InChI=1S/C11H12Cl2N2O/c12-9-2-1-6(3-10(9)13)7-4-15-5-8(7)11(14)16/h1-3,7-8,15H,4-5H2,(H2,14,16). The van der Waals surface area contributed by atoms with Gasteiger partial charge in [0.25, 0.3) is 0 Å². The summed E-state index contributed by atoms with van der Waals surface area (Å²) in [6, 6.07) is 5.44. The van der Waals surface area contributed by atoms with Crippen molar-refractivity contribution in [2.24, 2.45) is 11.7 Å². The third kappa shape index (κ3) is 2.17. The summed E-state index contributed by atoms with van der Waals surface area (Å²) in [5, 5.41) is 4.19. The van der Waals surface area contributed by atoms with Gasteiger partial charge in [-0.15, -0.1) is 0 Å². The fourth-order valence-electron chi connectivity index (χ4n) is 2.07. The highest BCUT2D eigenvalue weighted by Gasteiger charge is 2.32. The molecule has 3 N–H and O–H groups in total. The van der Waals surface area contributed by atoms with Crippen LogP contribution in [0.2, 0.25) is 10.0 Å². The van der Waals surface area contributed by atoms with Gasteiger partial charge in [-0.3, -0.25) is 4.79 Å². The second-order valence-corrected chi connectivity index (χ2v) is 4.76. The lowest BCUT2D eigenvalue weighted by Crippen LogP contribution is -2.28. The maximum absolute atomic E-state index is 11.3. The maximum atomic E-state index is 11.3. The predicted molar refractivity (Wildman–Crippen MR) is 64.8 cm³/mol. The number of hydrogen-bond donors (Lipinski definition) is 2. The molecule has 1 saturated heterocycles. The first-order valence-corrected chi connectivity index (χ1v) is 5.80. The van der Waals surface area contributed by atoms with Crippen LogP contribution >= 0.6 is 23.2 Å². The van der Waals surface area contributed by atoms with Crippen molar-refractivity contribution in [1.29, 1.82) is 0 Å². The van der Waals surface area contributed by atoms with Crippen molar-refractivity contribution in [2.45, 2.75) is 5.92 Å². The molecule has 0 saturated carbocycles. The largest absolute Gasteiger partial charge is 0.369 e. The zero-order valence-electron chi connectivity index (χ0n) is 8.54. The molecule has 0 aliphatic carbocycles. The lowest BCUT2D eigenvalue weighted by atomic mass is 9.88. The van der Waals surface area contributed by atoms with Gasteiger partial charge in [-0.2, -0.15) is 0 Å². The number of carbonyl (C=O) groups is 1. The molecule has 1 aromatic rings. The van der Waals surface area contributed by atoms with E-state index in [2.05, 4.69) is 5.32 Å². The number of carbonyl (C=O) groups excluding carboxylic acids is 1. The monoisotopic (exact) mass is 258 g/mol. The molecule has 1 fully saturated rings. The van der Waals surface area contributed by atoms with E-state index >= 15 is 0 Å². The molecule has 1 aromatic carbocycles. The Labute approximate surface area is 104 Å². The van der Waals surface area contributed by atoms with Crippen LogP contribution in [0.1, 0.15) is 11.5 Å². The fraction of sp³-hybridized carbons (Fsp3) is 0.364. The van der Waals surface area contributed by atoms with Crippen molar-refractivity contribution < 1.29 is 4.79 Å². The highest BCUT2D eigenvalue weighted by Crippen LogP contribution is 2.32. The topological polar surface area (TPSA) is 55.1 Å². The van der Waals surface area contributed by atoms with E-state index in [-0.39, 0.29) is 17.7 Å². The average Bonchev–Trinajstić information content (AvgIpc) is 2.71. The van der Waals surface area contributed by atoms with Crippen molar-refractivity contribution in [3.8, 4) is 0 Å². The van der Waals surface area contributed by atoms with Gasteiger partial charge >= 0.3 is 0 Å². The van der Waals surface area contributed by atoms with Crippen molar-refractivity contribution in [3.05, 3.63) is 33.8 Å². The Morgan fingerprint density at radius 2 is 2.06 bits per heavy atom. The van der Waals surface area contributed by atoms with Crippen molar-refractivity contribution in [3.63, 3.8) is 0 Å². The number of primary amides is 1. The highest BCUT2D eigenvalue weighted by molar-refractivity contribution is 6.42. The number of rotatable bonds is 2. The summed E-state index contributed by atoms with van der Waals surface area (Å²) in [5.74, 6) is -0.356. The molecule has 1 amide bonds. The third-order valence-electron chi connectivity index (χ3n) is 2.95. The SMILES string of the molecule is NC(=O)C1CNCC1c1ccc(Cl)c(Cl)c1. The Morgan fingerprint density at radius 1 is 1.31 bits per heavy atom. The van der Waals surface area contributed by atoms with Crippen LogP contribution < -0.4 is 11.1 Å². The number of nitrogens with one attached hydrogen (secondary N) is 1. The van der Waals surface area contributed by atoms with Gasteiger partial charge in [0.15, 0.2) is 0 Å². The molecule has 0 radical (unpaired) electrons. The van der Waals surface area contributed by atoms with Gasteiger partial charge in [0.05, 0.1) is 16.0 Å². The average molecular weight is 259 g/mol. The minimum absolute atomic E-state index is 0.0901. The van der Waals surface area contributed by atoms with E-state index in [0.717, 1.165) is 12.1 Å². The Morgan fingerprint density at radius 3 is 2.69 bits per heavy atom. The molecule has 5 heteroatoms. The van der Waals surface area contributed by atoms with Gasteiger partial charge in [0.1, 0.15) is 0 Å². The summed E-state index contributed by atoms with van der Waals surface area (Å²) < 4.78 is 0. The number of halogens is 2. The smallest absolute Gasteiger partial charge is 0.222 e. The van der Waals surface area contributed by atoms with E-state index < -0.39 is 0 Å². The van der Waals surface area contributed by atoms with Crippen LogP contribution in [0.15, 0.2) is 18.2 Å². The Kier molecular flexibility index (Phi) is 3.38. The van der Waals surface area contributed by atoms with Crippen LogP contribution in [0.3, 0.4) is 0 Å². The molecule has 1 aliphatic rings. The Balaban J connectivity index is 2.29. The zero-order valence-corrected chi connectivity index (χ0v) is 10.1. The Hall–Kier alpha value is -0.770. The lowest BCUT2D eigenvalue weighted by Gasteiger charge is -2.16. The summed E-state index contributed by atoms with van der Waals surface area (Å²) in [6.45, 7) is 1.37. The van der Waals surface area contributed by atoms with Crippen LogP contribution in [0.25, 0.3) is 0 Å². The summed E-state index contributed by atoms with van der Waals surface area (Å²) in [5.41, 5.74) is 6.36. The number of benzene rings is 1. The van der Waals surface area contributed by atoms with Crippen molar-refractivity contribution in [1.82, 2.24) is 5.32 Å². The molecule has 0 spiro atoms. The molecule has 2 atom stereocenters. The predicted octanol–water partition coefficient (Wildman–Crippen LogP) is 1.78. The van der Waals surface area contributed by atoms with Crippen LogP contribution in [0, 0.1) is 5.92 Å². The van der Waals surface area contributed by atoms with E-state index in [0.29, 0.717) is 16.6 Å². The Bertz CT molecular complexity index is 422. The first-order chi connectivity index (χ1) is 7.59. The molecule has 0 bridgehead atoms. The summed E-state index contributed by atoms with van der Waals surface area (Å²) >= 11 is 11.8. The second-order valence-electron chi connectivity index (χ2n) is 3.95. The van der Waals surface area contributed by atoms with Gasteiger partial charge in [-0.1, -0.05) is 29.3 Å². The molecule has 0 aromatic heterocycles. The van der Waals surface area contributed by atoms with Crippen molar-refractivity contribution in [2.75, 3.05) is 13.1 Å².